The van der Waals surface area contributed by atoms with Gasteiger partial charge in [0.05, 0.1) is 26.2 Å². The summed E-state index contributed by atoms with van der Waals surface area (Å²) in [4.78, 5) is 95.3. The van der Waals surface area contributed by atoms with Crippen LogP contribution in [0.15, 0.2) is 283 Å². The monoisotopic (exact) mass is 2070 g/mol. The van der Waals surface area contributed by atoms with Crippen LogP contribution in [0, 0.1) is 27.7 Å². The Bertz CT molecular complexity index is 7220. The van der Waals surface area contributed by atoms with E-state index in [0.29, 0.717) is 155 Å². The lowest BCUT2D eigenvalue weighted by molar-refractivity contribution is -0.287. The maximum Gasteiger partial charge on any atom is 0.586 e. The molecule has 15 heterocycles. The van der Waals surface area contributed by atoms with Gasteiger partial charge in [0.2, 0.25) is 0 Å². The molecular weight excluding hydrogens is 2000 g/mol. The van der Waals surface area contributed by atoms with Crippen LogP contribution in [0.25, 0.3) is 78.3 Å². The minimum Gasteiger partial charge on any atom is -0.461 e. The number of aromatic nitrogens is 5. The number of amides is 5. The van der Waals surface area contributed by atoms with Crippen LogP contribution in [0.1, 0.15) is 83.4 Å². The molecule has 7 aromatic heterocycles. The summed E-state index contributed by atoms with van der Waals surface area (Å²) in [5, 5.41) is 14.1. The number of ether oxygens (including phenoxy) is 10. The molecule has 22 rings (SSSR count). The second-order valence-electron chi connectivity index (χ2n) is 33.2. The molecule has 43 heteroatoms. The van der Waals surface area contributed by atoms with Crippen molar-refractivity contribution in [3.05, 3.63) is 308 Å². The zero-order chi connectivity index (χ0) is 104. The van der Waals surface area contributed by atoms with Gasteiger partial charge in [-0.25, -0.2) is 24.9 Å². The number of aryl methyl sites for hydroxylation is 4. The van der Waals surface area contributed by atoms with E-state index in [1.807, 2.05) is 81.4 Å². The molecule has 746 valence electrons. The molecule has 7 aromatic carbocycles. The van der Waals surface area contributed by atoms with Gasteiger partial charge in [0, 0.05) is 143 Å². The number of benzene rings is 7. The highest BCUT2D eigenvalue weighted by Gasteiger charge is 2.49. The number of carbonyl (C=O) groups is 5. The quantitative estimate of drug-likeness (QED) is 0.0529. The van der Waals surface area contributed by atoms with Crippen molar-refractivity contribution in [1.82, 2.24) is 24.9 Å². The number of fused-ring (bicyclic) bond motifs is 5. The van der Waals surface area contributed by atoms with Crippen LogP contribution in [-0.4, -0.2) is 105 Å². The summed E-state index contributed by atoms with van der Waals surface area (Å²) in [6, 6.07) is 52.6. The molecule has 0 radical (unpaired) electrons. The van der Waals surface area contributed by atoms with Crippen LogP contribution in [0.3, 0.4) is 0 Å². The molecule has 5 amide bonds. The van der Waals surface area contributed by atoms with Gasteiger partial charge in [-0.3, -0.25) is 38.9 Å². The number of nitrogens with zero attached hydrogens (tertiary/aromatic N) is 8. The molecule has 0 unspecified atom stereocenters. The van der Waals surface area contributed by atoms with E-state index in [-0.39, 0.29) is 102 Å². The first-order valence-electron chi connectivity index (χ1n) is 44.0. The Kier molecular flexibility index (Phi) is 27.4. The van der Waals surface area contributed by atoms with Crippen molar-refractivity contribution in [3.63, 3.8) is 0 Å². The minimum absolute atomic E-state index is 0.00106. The molecule has 0 atom stereocenters. The first-order chi connectivity index (χ1) is 70.0. The van der Waals surface area contributed by atoms with Crippen molar-refractivity contribution in [2.45, 2.75) is 99.2 Å². The summed E-state index contributed by atoms with van der Waals surface area (Å²) in [5.74, 6) is 1.28. The van der Waals surface area contributed by atoms with E-state index in [4.69, 9.17) is 43.6 Å². The molecule has 0 saturated carbocycles. The van der Waals surface area contributed by atoms with Gasteiger partial charge < -0.3 is 82.8 Å². The summed E-state index contributed by atoms with van der Waals surface area (Å²) in [5.41, 5.74) is 13.5. The third-order valence-electron chi connectivity index (χ3n) is 22.7. The Labute approximate surface area is 840 Å². The molecule has 0 bridgehead atoms. The van der Waals surface area contributed by atoms with E-state index >= 15 is 0 Å². The number of hydrogen-bond donors (Lipinski definition) is 5. The molecule has 8 aliphatic rings. The molecule has 5 N–H and O–H groups in total. The van der Waals surface area contributed by atoms with Crippen LogP contribution < -0.4 is 74.0 Å². The highest BCUT2D eigenvalue weighted by Crippen LogP contribution is 2.52. The van der Waals surface area contributed by atoms with Gasteiger partial charge in [0.25, 0.3) is 29.5 Å². The molecule has 0 fully saturated rings. The standard InChI is InChI=1S/C25H18F2N2O4.C24H15ClF2N2O4.C19H15F2N3O3.2C18H12ClF2N3O3/c1-14-10-21-22(33-25(26,27)32-21)11-18(14)17-8-9-23(28-13-17)29-24(30)19-12-20(31-15(19)2)16-6-4-3-5-7-16;1-13-16(9-19(31-13)14-5-3-2-4-6-14)23(30)29-22-8-7-15(12-28-22)17-10-20-21(11-18(17)25)33-24(26,27)32-20;1-10-5-6-22-17(10)18(25)24-16-4-3-12(9-23-16)13-8-15-14(7-11(13)2)26-19(20,21)27-15;2*1-9-4-5-22-16(9)17(25)24-15-3-2-10(8-23-15)11-6-13-14(7-12(11)19)27-18(20,21)26-13/h3-13H,1-2H3,(H,28,29,30);2-12H,1H3,(H,28,29,30);3-4,6-9H,5H2,1-2H3,(H,23,24,25);2*2-3,5-8H,4H2,1H3,(H,23,24,25). The smallest absolute Gasteiger partial charge is 0.461 e. The number of pyridine rings is 5. The highest BCUT2D eigenvalue weighted by atomic mass is 35.5. The summed E-state index contributed by atoms with van der Waals surface area (Å²) >= 11 is 18.5. The number of alkyl halides is 10. The molecule has 0 saturated heterocycles. The van der Waals surface area contributed by atoms with E-state index in [9.17, 15) is 67.9 Å². The summed E-state index contributed by atoms with van der Waals surface area (Å²) in [7, 11) is 0. The lowest BCUT2D eigenvalue weighted by atomic mass is 10.0. The first kappa shape index (κ1) is 99.7. The Hall–Kier alpha value is -17.4. The summed E-state index contributed by atoms with van der Waals surface area (Å²) < 4.78 is 188. The van der Waals surface area contributed by atoms with Crippen molar-refractivity contribution in [3.8, 4) is 136 Å². The van der Waals surface area contributed by atoms with Crippen LogP contribution in [0.5, 0.6) is 57.5 Å². The normalized spacial score (nSPS) is 15.4. The molecule has 14 aromatic rings. The number of hydrogen-bond acceptors (Lipinski definition) is 25. The second kappa shape index (κ2) is 40.4. The van der Waals surface area contributed by atoms with Crippen LogP contribution in [-0.2, 0) is 14.4 Å². The minimum atomic E-state index is -3.73. The Balaban J connectivity index is 0.000000121. The maximum atomic E-state index is 13.3. The third kappa shape index (κ3) is 22.8. The van der Waals surface area contributed by atoms with Gasteiger partial charge >= 0.3 is 31.5 Å². The summed E-state index contributed by atoms with van der Waals surface area (Å²) in [6.07, 6.45) is -3.99. The number of rotatable bonds is 17. The van der Waals surface area contributed by atoms with Gasteiger partial charge in [-0.2, -0.15) is 0 Å². The molecule has 0 spiro atoms. The van der Waals surface area contributed by atoms with Gasteiger partial charge in [0.15, 0.2) is 57.5 Å². The summed E-state index contributed by atoms with van der Waals surface area (Å²) in [6.45, 7) is 12.5. The second-order valence-corrected chi connectivity index (χ2v) is 34.4. The maximum absolute atomic E-state index is 13.3. The van der Waals surface area contributed by atoms with Crippen molar-refractivity contribution in [2.75, 3.05) is 26.6 Å². The average molecular weight is 2070 g/mol. The first-order valence-corrected chi connectivity index (χ1v) is 45.1. The van der Waals surface area contributed by atoms with Gasteiger partial charge in [-0.05, 0) is 203 Å². The van der Waals surface area contributed by atoms with Gasteiger partial charge in [-0.1, -0.05) is 95.5 Å². The molecular formula is C104H72Cl3F10N13O17. The number of aliphatic imine (C=N–C) groups is 3. The molecule has 8 aliphatic heterocycles. The Morgan fingerprint density at radius 2 is 0.497 bits per heavy atom. The predicted molar refractivity (Wildman–Crippen MR) is 521 cm³/mol. The number of allylic oxidation sites excluding steroid dienone is 3. The van der Waals surface area contributed by atoms with Gasteiger partial charge in [0.1, 0.15) is 69.2 Å². The fourth-order valence-electron chi connectivity index (χ4n) is 15.5. The van der Waals surface area contributed by atoms with E-state index in [0.717, 1.165) is 39.0 Å². The van der Waals surface area contributed by atoms with Crippen molar-refractivity contribution < 1.29 is 124 Å². The third-order valence-corrected chi connectivity index (χ3v) is 23.6. The topological polar surface area (TPSA) is 366 Å². The lowest BCUT2D eigenvalue weighted by Gasteiger charge is -2.09. The van der Waals surface area contributed by atoms with Crippen molar-refractivity contribution >= 4 is 112 Å². The molecule has 0 aliphatic carbocycles. The fraction of sp³-hybridized carbons (Fsp3) is 0.144. The van der Waals surface area contributed by atoms with Crippen LogP contribution in [0.4, 0.5) is 73.0 Å². The Morgan fingerprint density at radius 1 is 0.272 bits per heavy atom. The van der Waals surface area contributed by atoms with E-state index in [1.165, 1.54) is 79.3 Å². The number of anilines is 5. The average Bonchev–Trinajstić information content (AvgIpc) is 1.55. The van der Waals surface area contributed by atoms with Crippen LogP contribution >= 0.6 is 34.8 Å². The fourth-order valence-corrected chi connectivity index (χ4v) is 16.3. The number of nitrogens with one attached hydrogen (secondary N) is 5. The zero-order valence-corrected chi connectivity index (χ0v) is 79.4. The highest BCUT2D eigenvalue weighted by molar-refractivity contribution is 6.34. The van der Waals surface area contributed by atoms with Crippen molar-refractivity contribution in [1.29, 1.82) is 0 Å². The Morgan fingerprint density at radius 3 is 0.728 bits per heavy atom. The largest absolute Gasteiger partial charge is 0.586 e. The SMILES string of the molecule is CC1=C(C(=O)Nc2ccc(-c3cc4c(cc3C)OC(F)(F)O4)cn2)N=CC1.CC1=C(C(=O)Nc2ccc(-c3cc4c(cc3Cl)OC(F)(F)O4)cn2)N=CC1.CC1=C(C(=O)Nc2ccc(-c3cc4c(cc3Cl)OC(F)(F)O4)cn2)N=CC1.Cc1cc2c(cc1-c1ccc(NC(=O)c3cc(-c4ccccc4)oc3C)nc1)OC(F)(F)O2.Cc1oc(-c2ccccc2)cc1C(=O)Nc1ccc(-c2cc3c(cc2Cl)OC(F)(F)O3)cn1. The van der Waals surface area contributed by atoms with E-state index in [2.05, 4.69) is 114 Å². The zero-order valence-electron chi connectivity index (χ0n) is 77.1. The van der Waals surface area contributed by atoms with E-state index < -0.39 is 31.5 Å². The van der Waals surface area contributed by atoms with E-state index in [1.54, 1.807) is 132 Å². The number of carbonyl (C=O) groups excluding carboxylic acids is 5. The molecule has 30 nitrogen and oxygen atoms in total. The lowest BCUT2D eigenvalue weighted by Crippen LogP contribution is -2.25. The molecule has 147 heavy (non-hydrogen) atoms. The number of halogens is 13. The van der Waals surface area contributed by atoms with Gasteiger partial charge in [-0.15, -0.1) is 43.9 Å². The van der Waals surface area contributed by atoms with Crippen molar-refractivity contribution in [2.24, 2.45) is 15.0 Å². The van der Waals surface area contributed by atoms with Crippen LogP contribution in [0.2, 0.25) is 15.1 Å². The predicted octanol–water partition coefficient (Wildman–Crippen LogP) is 25.6. The number of furan rings is 2.